The Hall–Kier alpha value is -2.04. The third-order valence-corrected chi connectivity index (χ3v) is 1.88. The van der Waals surface area contributed by atoms with E-state index >= 15 is 0 Å². The lowest BCUT2D eigenvalue weighted by atomic mass is 10.1. The van der Waals surface area contributed by atoms with Crippen LogP contribution in [0.2, 0.25) is 0 Å². The van der Waals surface area contributed by atoms with Crippen molar-refractivity contribution in [3.63, 3.8) is 0 Å². The summed E-state index contributed by atoms with van der Waals surface area (Å²) in [5.74, 6) is 0.119. The fourth-order valence-electron chi connectivity index (χ4n) is 1.14. The van der Waals surface area contributed by atoms with E-state index in [1.165, 1.54) is 0 Å². The number of nitrogens with one attached hydrogen (secondary N) is 1. The molecule has 0 aromatic heterocycles. The van der Waals surface area contributed by atoms with Crippen molar-refractivity contribution in [2.45, 2.75) is 13.8 Å². The number of primary amides is 1. The Labute approximate surface area is 87.6 Å². The Kier molecular flexibility index (Phi) is 3.28. The van der Waals surface area contributed by atoms with Gasteiger partial charge >= 0.3 is 6.03 Å². The first-order valence-corrected chi connectivity index (χ1v) is 4.40. The Morgan fingerprint density at radius 1 is 1.53 bits per heavy atom. The zero-order chi connectivity index (χ0) is 11.4. The van der Waals surface area contributed by atoms with Crippen LogP contribution in [0.25, 0.3) is 0 Å². The van der Waals surface area contributed by atoms with Gasteiger partial charge in [-0.3, -0.25) is 0 Å². The molecule has 0 aliphatic heterocycles. The van der Waals surface area contributed by atoms with E-state index in [1.807, 2.05) is 6.92 Å². The highest BCUT2D eigenvalue weighted by atomic mass is 16.3. The molecule has 0 saturated heterocycles. The van der Waals surface area contributed by atoms with Crippen LogP contribution in [0.4, 0.5) is 4.79 Å². The van der Waals surface area contributed by atoms with Crippen molar-refractivity contribution in [2.24, 2.45) is 10.8 Å². The maximum Gasteiger partial charge on any atom is 0.332 e. The first-order valence-electron chi connectivity index (χ1n) is 4.40. The average molecular weight is 207 g/mol. The number of nitrogens with two attached hydrogens (primary N) is 1. The summed E-state index contributed by atoms with van der Waals surface area (Å²) in [7, 11) is 0. The summed E-state index contributed by atoms with van der Waals surface area (Å²) in [5, 5.41) is 13.3. The van der Waals surface area contributed by atoms with Gasteiger partial charge in [-0.15, -0.1) is 0 Å². The minimum atomic E-state index is -0.735. The van der Waals surface area contributed by atoms with Crippen LogP contribution in [0.15, 0.2) is 23.3 Å². The SMILES string of the molecule is C/C(=N\NC(N)=O)c1cc(C)ccc1O. The monoisotopic (exact) mass is 207 g/mol. The number of hydrazone groups is 1. The highest BCUT2D eigenvalue weighted by Crippen LogP contribution is 2.18. The van der Waals surface area contributed by atoms with Crippen molar-refractivity contribution in [3.8, 4) is 5.75 Å². The van der Waals surface area contributed by atoms with E-state index in [4.69, 9.17) is 5.73 Å². The molecule has 0 radical (unpaired) electrons. The maximum atomic E-state index is 10.4. The lowest BCUT2D eigenvalue weighted by Crippen LogP contribution is -2.25. The number of nitrogens with zero attached hydrogens (tertiary/aromatic N) is 1. The van der Waals surface area contributed by atoms with Gasteiger partial charge in [0.05, 0.1) is 5.71 Å². The van der Waals surface area contributed by atoms with Crippen LogP contribution in [0.1, 0.15) is 18.1 Å². The van der Waals surface area contributed by atoms with E-state index in [1.54, 1.807) is 25.1 Å². The molecule has 0 aliphatic carbocycles. The number of phenolic OH excluding ortho intramolecular Hbond substituents is 1. The predicted molar refractivity (Wildman–Crippen MR) is 57.8 cm³/mol. The molecule has 1 aromatic rings. The number of hydrogen-bond donors (Lipinski definition) is 3. The summed E-state index contributed by atoms with van der Waals surface area (Å²) in [6.45, 7) is 3.57. The molecule has 0 spiro atoms. The molecule has 0 unspecified atom stereocenters. The third kappa shape index (κ3) is 2.98. The quantitative estimate of drug-likeness (QED) is 0.500. The number of rotatable bonds is 2. The number of phenols is 1. The largest absolute Gasteiger partial charge is 0.507 e. The van der Waals surface area contributed by atoms with Crippen LogP contribution in [0.5, 0.6) is 5.75 Å². The van der Waals surface area contributed by atoms with Gasteiger partial charge in [-0.2, -0.15) is 5.10 Å². The summed E-state index contributed by atoms with van der Waals surface area (Å²) < 4.78 is 0. The molecule has 0 bridgehead atoms. The first-order chi connectivity index (χ1) is 7.00. The van der Waals surface area contributed by atoms with Gasteiger partial charge in [0.15, 0.2) is 0 Å². The van der Waals surface area contributed by atoms with Gasteiger partial charge in [0, 0.05) is 5.56 Å². The van der Waals surface area contributed by atoms with E-state index in [9.17, 15) is 9.90 Å². The van der Waals surface area contributed by atoms with Gasteiger partial charge in [-0.1, -0.05) is 11.6 Å². The molecule has 5 nitrogen and oxygen atoms in total. The second kappa shape index (κ2) is 4.45. The Morgan fingerprint density at radius 2 is 2.20 bits per heavy atom. The van der Waals surface area contributed by atoms with Crippen LogP contribution in [-0.4, -0.2) is 16.8 Å². The minimum Gasteiger partial charge on any atom is -0.507 e. The fourth-order valence-corrected chi connectivity index (χ4v) is 1.14. The molecule has 1 rings (SSSR count). The predicted octanol–water partition coefficient (Wildman–Crippen LogP) is 1.09. The smallest absolute Gasteiger partial charge is 0.332 e. The maximum absolute atomic E-state index is 10.4. The summed E-state index contributed by atoms with van der Waals surface area (Å²) in [4.78, 5) is 10.4. The molecular formula is C10H13N3O2. The molecule has 4 N–H and O–H groups in total. The first kappa shape index (κ1) is 11.0. The normalized spacial score (nSPS) is 11.2. The third-order valence-electron chi connectivity index (χ3n) is 1.88. The molecule has 0 heterocycles. The summed E-state index contributed by atoms with van der Waals surface area (Å²) in [6.07, 6.45) is 0. The molecule has 0 saturated carbocycles. The standard InChI is InChI=1S/C10H13N3O2/c1-6-3-4-9(14)8(5-6)7(2)12-13-10(11)15/h3-5,14H,1-2H3,(H3,11,13,15)/b12-7+. The number of carbonyl (C=O) groups excluding carboxylic acids is 1. The molecular weight excluding hydrogens is 194 g/mol. The van der Waals surface area contributed by atoms with Gasteiger partial charge in [0.25, 0.3) is 0 Å². The van der Waals surface area contributed by atoms with Crippen molar-refractivity contribution in [3.05, 3.63) is 29.3 Å². The summed E-state index contributed by atoms with van der Waals surface area (Å²) in [6, 6.07) is 4.40. The molecule has 0 fully saturated rings. The van der Waals surface area contributed by atoms with Crippen LogP contribution in [-0.2, 0) is 0 Å². The molecule has 0 aliphatic rings. The van der Waals surface area contributed by atoms with E-state index < -0.39 is 6.03 Å². The van der Waals surface area contributed by atoms with Crippen molar-refractivity contribution >= 4 is 11.7 Å². The van der Waals surface area contributed by atoms with Crippen molar-refractivity contribution < 1.29 is 9.90 Å². The number of hydrogen-bond acceptors (Lipinski definition) is 3. The molecule has 0 atom stereocenters. The van der Waals surface area contributed by atoms with E-state index in [0.29, 0.717) is 11.3 Å². The lowest BCUT2D eigenvalue weighted by molar-refractivity contribution is 0.249. The number of aryl methyl sites for hydroxylation is 1. The van der Waals surface area contributed by atoms with Gasteiger partial charge in [0.2, 0.25) is 0 Å². The number of urea groups is 1. The topological polar surface area (TPSA) is 87.7 Å². The highest BCUT2D eigenvalue weighted by Gasteiger charge is 2.04. The minimum absolute atomic E-state index is 0.119. The lowest BCUT2D eigenvalue weighted by Gasteiger charge is -2.05. The number of benzene rings is 1. The second-order valence-electron chi connectivity index (χ2n) is 3.19. The van der Waals surface area contributed by atoms with Crippen molar-refractivity contribution in [2.75, 3.05) is 0 Å². The van der Waals surface area contributed by atoms with Crippen LogP contribution >= 0.6 is 0 Å². The van der Waals surface area contributed by atoms with Gasteiger partial charge in [-0.25, -0.2) is 10.2 Å². The summed E-state index contributed by atoms with van der Waals surface area (Å²) >= 11 is 0. The van der Waals surface area contributed by atoms with Gasteiger partial charge < -0.3 is 10.8 Å². The van der Waals surface area contributed by atoms with E-state index in [-0.39, 0.29) is 5.75 Å². The molecule has 1 aromatic carbocycles. The van der Waals surface area contributed by atoms with Crippen molar-refractivity contribution in [1.82, 2.24) is 5.43 Å². The number of amides is 2. The average Bonchev–Trinajstić information content (AvgIpc) is 2.18. The Balaban J connectivity index is 2.99. The number of aromatic hydroxyl groups is 1. The van der Waals surface area contributed by atoms with E-state index in [0.717, 1.165) is 5.56 Å². The highest BCUT2D eigenvalue weighted by molar-refractivity contribution is 6.01. The van der Waals surface area contributed by atoms with Crippen molar-refractivity contribution in [1.29, 1.82) is 0 Å². The van der Waals surface area contributed by atoms with Crippen LogP contribution in [0, 0.1) is 6.92 Å². The fraction of sp³-hybridized carbons (Fsp3) is 0.200. The van der Waals surface area contributed by atoms with Gasteiger partial charge in [-0.05, 0) is 26.0 Å². The Morgan fingerprint density at radius 3 is 2.80 bits per heavy atom. The Bertz CT molecular complexity index is 413. The van der Waals surface area contributed by atoms with Crippen LogP contribution < -0.4 is 11.2 Å². The van der Waals surface area contributed by atoms with E-state index in [2.05, 4.69) is 10.5 Å². The molecule has 2 amide bonds. The molecule has 5 heteroatoms. The summed E-state index contributed by atoms with van der Waals surface area (Å²) in [5.41, 5.74) is 9.04. The van der Waals surface area contributed by atoms with Gasteiger partial charge in [0.1, 0.15) is 5.75 Å². The molecule has 15 heavy (non-hydrogen) atoms. The zero-order valence-electron chi connectivity index (χ0n) is 8.61. The second-order valence-corrected chi connectivity index (χ2v) is 3.19. The zero-order valence-corrected chi connectivity index (χ0v) is 8.61. The number of carbonyl (C=O) groups is 1. The van der Waals surface area contributed by atoms with Crippen LogP contribution in [0.3, 0.4) is 0 Å². The molecule has 80 valence electrons.